The van der Waals surface area contributed by atoms with E-state index in [9.17, 15) is 4.79 Å². The molecule has 120 valence electrons. The maximum Gasteiger partial charge on any atom is 0.253 e. The fourth-order valence-corrected chi connectivity index (χ4v) is 2.89. The summed E-state index contributed by atoms with van der Waals surface area (Å²) < 4.78 is 0. The zero-order valence-electron chi connectivity index (χ0n) is 13.5. The lowest BCUT2D eigenvalue weighted by molar-refractivity contribution is 0.0793. The summed E-state index contributed by atoms with van der Waals surface area (Å²) in [6.45, 7) is 3.83. The summed E-state index contributed by atoms with van der Waals surface area (Å²) >= 11 is 0. The van der Waals surface area contributed by atoms with E-state index in [1.165, 1.54) is 5.56 Å². The average Bonchev–Trinajstić information content (AvgIpc) is 3.11. The number of aryl methyl sites for hydroxylation is 1. The Balaban J connectivity index is 1.74. The number of rotatable bonds is 4. The van der Waals surface area contributed by atoms with Gasteiger partial charge in [-0.15, -0.1) is 0 Å². The molecule has 0 atom stereocenters. The zero-order valence-corrected chi connectivity index (χ0v) is 13.5. The van der Waals surface area contributed by atoms with Crippen LogP contribution in [0.2, 0.25) is 0 Å². The molecule has 1 fully saturated rings. The van der Waals surface area contributed by atoms with Gasteiger partial charge >= 0.3 is 0 Å². The van der Waals surface area contributed by atoms with Crippen molar-refractivity contribution >= 4 is 23.0 Å². The normalized spacial score (nSPS) is 14.0. The highest BCUT2D eigenvalue weighted by molar-refractivity contribution is 5.96. The molecule has 1 heterocycles. The molecule has 0 spiro atoms. The first kappa shape index (κ1) is 15.4. The molecule has 3 N–H and O–H groups in total. The number of amides is 1. The van der Waals surface area contributed by atoms with Gasteiger partial charge in [-0.1, -0.05) is 19.1 Å². The number of nitrogens with zero attached hydrogens (tertiary/aromatic N) is 1. The van der Waals surface area contributed by atoms with Crippen LogP contribution in [0.15, 0.2) is 42.5 Å². The minimum absolute atomic E-state index is 0.0769. The monoisotopic (exact) mass is 309 g/mol. The van der Waals surface area contributed by atoms with E-state index in [1.807, 2.05) is 29.2 Å². The van der Waals surface area contributed by atoms with Gasteiger partial charge < -0.3 is 16.0 Å². The van der Waals surface area contributed by atoms with Crippen LogP contribution >= 0.6 is 0 Å². The van der Waals surface area contributed by atoms with Crippen LogP contribution in [0.5, 0.6) is 0 Å². The topological polar surface area (TPSA) is 58.4 Å². The SMILES string of the molecule is CCc1ccc(Nc2ccc(C(=O)N3CCCC3)cc2N)cc1. The van der Waals surface area contributed by atoms with E-state index < -0.39 is 0 Å². The van der Waals surface area contributed by atoms with Crippen LogP contribution in [0.1, 0.15) is 35.7 Å². The van der Waals surface area contributed by atoms with Gasteiger partial charge in [0.1, 0.15) is 0 Å². The third kappa shape index (κ3) is 3.47. The largest absolute Gasteiger partial charge is 0.397 e. The maximum absolute atomic E-state index is 12.4. The molecule has 1 saturated heterocycles. The quantitative estimate of drug-likeness (QED) is 0.844. The molecule has 0 bridgehead atoms. The second kappa shape index (κ2) is 6.73. The lowest BCUT2D eigenvalue weighted by atomic mass is 10.1. The van der Waals surface area contributed by atoms with Crippen molar-refractivity contribution in [2.75, 3.05) is 24.1 Å². The highest BCUT2D eigenvalue weighted by Gasteiger charge is 2.19. The molecule has 2 aromatic rings. The average molecular weight is 309 g/mol. The Hall–Kier alpha value is -2.49. The smallest absolute Gasteiger partial charge is 0.253 e. The lowest BCUT2D eigenvalue weighted by Gasteiger charge is -2.16. The van der Waals surface area contributed by atoms with E-state index in [0.717, 1.165) is 43.7 Å². The molecule has 2 aromatic carbocycles. The third-order valence-corrected chi connectivity index (χ3v) is 4.33. The maximum atomic E-state index is 12.4. The Bertz CT molecular complexity index is 688. The highest BCUT2D eigenvalue weighted by Crippen LogP contribution is 2.25. The second-order valence-corrected chi connectivity index (χ2v) is 5.98. The van der Waals surface area contributed by atoms with Crippen LogP contribution in [0.4, 0.5) is 17.1 Å². The zero-order chi connectivity index (χ0) is 16.2. The number of carbonyl (C=O) groups excluding carboxylic acids is 1. The van der Waals surface area contributed by atoms with Crippen LogP contribution in [-0.4, -0.2) is 23.9 Å². The number of nitrogen functional groups attached to an aromatic ring is 1. The van der Waals surface area contributed by atoms with Gasteiger partial charge in [-0.25, -0.2) is 0 Å². The predicted molar refractivity (Wildman–Crippen MR) is 95.1 cm³/mol. The Kier molecular flexibility index (Phi) is 4.51. The molecule has 0 aliphatic carbocycles. The fraction of sp³-hybridized carbons (Fsp3) is 0.316. The van der Waals surface area contributed by atoms with Gasteiger partial charge in [0.15, 0.2) is 0 Å². The molecule has 23 heavy (non-hydrogen) atoms. The van der Waals surface area contributed by atoms with E-state index in [4.69, 9.17) is 5.73 Å². The summed E-state index contributed by atoms with van der Waals surface area (Å²) in [4.78, 5) is 14.3. The first-order valence-corrected chi connectivity index (χ1v) is 8.22. The van der Waals surface area contributed by atoms with Crippen molar-refractivity contribution in [3.63, 3.8) is 0 Å². The first-order chi connectivity index (χ1) is 11.2. The number of anilines is 3. The number of hydrogen-bond acceptors (Lipinski definition) is 3. The first-order valence-electron chi connectivity index (χ1n) is 8.22. The van der Waals surface area contributed by atoms with Crippen LogP contribution in [0, 0.1) is 0 Å². The molecule has 0 saturated carbocycles. The number of nitrogens with two attached hydrogens (primary N) is 1. The van der Waals surface area contributed by atoms with Crippen LogP contribution in [0.3, 0.4) is 0 Å². The van der Waals surface area contributed by atoms with Crippen LogP contribution < -0.4 is 11.1 Å². The Labute approximate surface area is 137 Å². The van der Waals surface area contributed by atoms with Gasteiger partial charge in [0, 0.05) is 24.3 Å². The standard InChI is InChI=1S/C19H23N3O/c1-2-14-5-8-16(9-6-14)21-18-10-7-15(13-17(18)20)19(23)22-11-3-4-12-22/h5-10,13,21H,2-4,11-12,20H2,1H3. The van der Waals surface area contributed by atoms with Gasteiger partial charge in [0.25, 0.3) is 5.91 Å². The Morgan fingerprint density at radius 3 is 2.43 bits per heavy atom. The molecule has 0 unspecified atom stereocenters. The van der Waals surface area contributed by atoms with Crippen molar-refractivity contribution in [3.05, 3.63) is 53.6 Å². The number of likely N-dealkylation sites (tertiary alicyclic amines) is 1. The molecule has 4 nitrogen and oxygen atoms in total. The van der Waals surface area contributed by atoms with Gasteiger partial charge in [-0.05, 0) is 55.2 Å². The highest BCUT2D eigenvalue weighted by atomic mass is 16.2. The fourth-order valence-electron chi connectivity index (χ4n) is 2.89. The molecule has 1 amide bonds. The summed E-state index contributed by atoms with van der Waals surface area (Å²) in [5, 5.41) is 3.31. The van der Waals surface area contributed by atoms with Crippen LogP contribution in [0.25, 0.3) is 0 Å². The van der Waals surface area contributed by atoms with Gasteiger partial charge in [-0.2, -0.15) is 0 Å². The number of carbonyl (C=O) groups is 1. The summed E-state index contributed by atoms with van der Waals surface area (Å²) in [5.74, 6) is 0.0769. The van der Waals surface area contributed by atoms with E-state index >= 15 is 0 Å². The van der Waals surface area contributed by atoms with Crippen molar-refractivity contribution in [3.8, 4) is 0 Å². The summed E-state index contributed by atoms with van der Waals surface area (Å²) in [6.07, 6.45) is 3.21. The van der Waals surface area contributed by atoms with Gasteiger partial charge in [0.2, 0.25) is 0 Å². The molecule has 1 aliphatic rings. The van der Waals surface area contributed by atoms with Gasteiger partial charge in [0.05, 0.1) is 11.4 Å². The summed E-state index contributed by atoms with van der Waals surface area (Å²) in [7, 11) is 0. The van der Waals surface area contributed by atoms with E-state index in [2.05, 4.69) is 24.4 Å². The minimum Gasteiger partial charge on any atom is -0.397 e. The van der Waals surface area contributed by atoms with E-state index in [0.29, 0.717) is 11.3 Å². The van der Waals surface area contributed by atoms with E-state index in [-0.39, 0.29) is 5.91 Å². The molecule has 4 heteroatoms. The summed E-state index contributed by atoms with van der Waals surface area (Å²) in [6, 6.07) is 13.8. The molecule has 3 rings (SSSR count). The molecular weight excluding hydrogens is 286 g/mol. The number of hydrogen-bond donors (Lipinski definition) is 2. The van der Waals surface area contributed by atoms with E-state index in [1.54, 1.807) is 6.07 Å². The number of nitrogens with one attached hydrogen (secondary N) is 1. The van der Waals surface area contributed by atoms with Crippen molar-refractivity contribution in [1.29, 1.82) is 0 Å². The van der Waals surface area contributed by atoms with Crippen molar-refractivity contribution in [2.45, 2.75) is 26.2 Å². The van der Waals surface area contributed by atoms with Crippen LogP contribution in [-0.2, 0) is 6.42 Å². The Morgan fingerprint density at radius 1 is 1.13 bits per heavy atom. The van der Waals surface area contributed by atoms with Crippen molar-refractivity contribution < 1.29 is 4.79 Å². The Morgan fingerprint density at radius 2 is 1.83 bits per heavy atom. The second-order valence-electron chi connectivity index (χ2n) is 5.98. The minimum atomic E-state index is 0.0769. The molecule has 0 aromatic heterocycles. The molecular formula is C19H23N3O. The summed E-state index contributed by atoms with van der Waals surface area (Å²) in [5.41, 5.74) is 10.5. The van der Waals surface area contributed by atoms with Gasteiger partial charge in [-0.3, -0.25) is 4.79 Å². The molecule has 0 radical (unpaired) electrons. The molecule has 1 aliphatic heterocycles. The van der Waals surface area contributed by atoms with Crippen molar-refractivity contribution in [1.82, 2.24) is 4.90 Å². The van der Waals surface area contributed by atoms with Crippen molar-refractivity contribution in [2.24, 2.45) is 0 Å². The number of benzene rings is 2. The third-order valence-electron chi connectivity index (χ3n) is 4.33. The predicted octanol–water partition coefficient (Wildman–Crippen LogP) is 3.81. The lowest BCUT2D eigenvalue weighted by Crippen LogP contribution is -2.27.